The second-order valence-electron chi connectivity index (χ2n) is 5.73. The quantitative estimate of drug-likeness (QED) is 0.486. The van der Waals surface area contributed by atoms with Gasteiger partial charge in [-0.25, -0.2) is 4.39 Å². The van der Waals surface area contributed by atoms with Crippen LogP contribution in [0.5, 0.6) is 5.75 Å². The van der Waals surface area contributed by atoms with Gasteiger partial charge in [0.1, 0.15) is 11.6 Å². The molecule has 2 aromatic carbocycles. The zero-order chi connectivity index (χ0) is 17.4. The van der Waals surface area contributed by atoms with Crippen molar-refractivity contribution in [3.63, 3.8) is 0 Å². The number of aryl methyl sites for hydroxylation is 1. The van der Waals surface area contributed by atoms with Crippen molar-refractivity contribution in [3.05, 3.63) is 65.5 Å². The fourth-order valence-electron chi connectivity index (χ4n) is 2.48. The molecule has 0 spiro atoms. The van der Waals surface area contributed by atoms with Crippen LogP contribution in [0.25, 0.3) is 0 Å². The van der Waals surface area contributed by atoms with Gasteiger partial charge >= 0.3 is 0 Å². The Morgan fingerprint density at radius 2 is 1.71 bits per heavy atom. The molecule has 2 N–H and O–H groups in total. The smallest absolute Gasteiger partial charge is 0.193 e. The molecule has 0 saturated carbocycles. The maximum atomic E-state index is 13.0. The Morgan fingerprint density at radius 1 is 1.08 bits per heavy atom. The third-order valence-corrected chi connectivity index (χ3v) is 3.77. The van der Waals surface area contributed by atoms with Crippen LogP contribution in [0.4, 0.5) is 4.39 Å². The number of rotatable bonds is 6. The number of hydrogen-bond donors (Lipinski definition) is 2. The first kappa shape index (κ1) is 17.8. The van der Waals surface area contributed by atoms with Crippen LogP contribution in [0.2, 0.25) is 0 Å². The number of phenolic OH excluding ortho intramolecular Hbond substituents is 1. The van der Waals surface area contributed by atoms with Crippen LogP contribution in [-0.4, -0.2) is 36.6 Å². The van der Waals surface area contributed by atoms with Gasteiger partial charge in [-0.1, -0.05) is 24.3 Å². The van der Waals surface area contributed by atoms with Crippen molar-refractivity contribution in [2.24, 2.45) is 4.99 Å². The van der Waals surface area contributed by atoms with Gasteiger partial charge in [0, 0.05) is 27.2 Å². The second-order valence-corrected chi connectivity index (χ2v) is 5.73. The highest BCUT2D eigenvalue weighted by Gasteiger charge is 2.06. The molecule has 0 aromatic heterocycles. The topological polar surface area (TPSA) is 47.9 Å². The van der Waals surface area contributed by atoms with Gasteiger partial charge < -0.3 is 15.3 Å². The number of aliphatic imine (C=N–C) groups is 1. The predicted octanol–water partition coefficient (Wildman–Crippen LogP) is 3.17. The number of nitrogens with zero attached hydrogens (tertiary/aromatic N) is 2. The molecule has 0 amide bonds. The predicted molar refractivity (Wildman–Crippen MR) is 95.7 cm³/mol. The van der Waals surface area contributed by atoms with E-state index < -0.39 is 0 Å². The first-order chi connectivity index (χ1) is 11.6. The van der Waals surface area contributed by atoms with Crippen molar-refractivity contribution >= 4 is 5.96 Å². The number of guanidine groups is 1. The lowest BCUT2D eigenvalue weighted by Gasteiger charge is -2.22. The Balaban J connectivity index is 1.76. The first-order valence-corrected chi connectivity index (χ1v) is 8.02. The minimum Gasteiger partial charge on any atom is -0.508 e. The Morgan fingerprint density at radius 3 is 2.33 bits per heavy atom. The molecule has 4 nitrogen and oxygen atoms in total. The summed E-state index contributed by atoms with van der Waals surface area (Å²) in [6, 6.07) is 13.8. The number of hydrogen-bond acceptors (Lipinski definition) is 2. The third kappa shape index (κ3) is 5.57. The van der Waals surface area contributed by atoms with E-state index in [1.54, 1.807) is 31.3 Å². The van der Waals surface area contributed by atoms with Gasteiger partial charge in [0.05, 0.1) is 0 Å². The normalized spacial score (nSPS) is 11.4. The van der Waals surface area contributed by atoms with E-state index >= 15 is 0 Å². The minimum absolute atomic E-state index is 0.224. The van der Waals surface area contributed by atoms with E-state index in [2.05, 4.69) is 10.3 Å². The van der Waals surface area contributed by atoms with Gasteiger partial charge in [0.2, 0.25) is 0 Å². The van der Waals surface area contributed by atoms with Crippen LogP contribution >= 0.6 is 0 Å². The average molecular weight is 329 g/mol. The van der Waals surface area contributed by atoms with Crippen LogP contribution in [0.3, 0.4) is 0 Å². The number of nitrogens with one attached hydrogen (secondary N) is 1. The Labute approximate surface area is 142 Å². The molecule has 0 bridgehead atoms. The van der Waals surface area contributed by atoms with E-state index in [4.69, 9.17) is 0 Å². The lowest BCUT2D eigenvalue weighted by Crippen LogP contribution is -2.39. The van der Waals surface area contributed by atoms with Crippen LogP contribution in [0.1, 0.15) is 17.5 Å². The van der Waals surface area contributed by atoms with Gasteiger partial charge in [-0.2, -0.15) is 0 Å². The van der Waals surface area contributed by atoms with Gasteiger partial charge in [0.15, 0.2) is 5.96 Å². The lowest BCUT2D eigenvalue weighted by molar-refractivity contribution is 0.474. The zero-order valence-corrected chi connectivity index (χ0v) is 14.2. The second kappa shape index (κ2) is 8.91. The summed E-state index contributed by atoms with van der Waals surface area (Å²) in [5.41, 5.74) is 2.23. The van der Waals surface area contributed by atoms with E-state index in [-0.39, 0.29) is 5.82 Å². The maximum Gasteiger partial charge on any atom is 0.193 e. The van der Waals surface area contributed by atoms with Crippen LogP contribution in [0.15, 0.2) is 53.5 Å². The van der Waals surface area contributed by atoms with E-state index in [0.717, 1.165) is 30.9 Å². The molecule has 0 heterocycles. The Hall–Kier alpha value is -2.56. The molecule has 0 unspecified atom stereocenters. The molecule has 0 aliphatic rings. The number of benzene rings is 2. The van der Waals surface area contributed by atoms with E-state index in [1.165, 1.54) is 17.7 Å². The molecule has 0 saturated heterocycles. The molecule has 0 radical (unpaired) electrons. The molecule has 0 fully saturated rings. The molecule has 128 valence electrons. The van der Waals surface area contributed by atoms with Gasteiger partial charge in [-0.05, 0) is 48.2 Å². The summed E-state index contributed by atoms with van der Waals surface area (Å²) < 4.78 is 13.0. The monoisotopic (exact) mass is 329 g/mol. The highest BCUT2D eigenvalue weighted by atomic mass is 19.1. The number of halogens is 1. The van der Waals surface area contributed by atoms with Crippen LogP contribution < -0.4 is 5.32 Å². The molecule has 0 aliphatic carbocycles. The number of phenols is 1. The highest BCUT2D eigenvalue weighted by Crippen LogP contribution is 2.11. The van der Waals surface area contributed by atoms with Crippen molar-refractivity contribution in [1.82, 2.24) is 10.2 Å². The maximum absolute atomic E-state index is 13.0. The van der Waals surface area contributed by atoms with Gasteiger partial charge in [-0.3, -0.25) is 4.99 Å². The molecular formula is C19H24FN3O. The zero-order valence-electron chi connectivity index (χ0n) is 14.2. The third-order valence-electron chi connectivity index (χ3n) is 3.77. The fourth-order valence-corrected chi connectivity index (χ4v) is 2.48. The molecule has 24 heavy (non-hydrogen) atoms. The summed E-state index contributed by atoms with van der Waals surface area (Å²) in [4.78, 5) is 6.29. The Bertz CT molecular complexity index is 653. The van der Waals surface area contributed by atoms with Crippen LogP contribution in [-0.2, 0) is 13.0 Å². The van der Waals surface area contributed by atoms with Crippen molar-refractivity contribution < 1.29 is 9.50 Å². The number of aromatic hydroxyl groups is 1. The lowest BCUT2D eigenvalue weighted by atomic mass is 10.1. The van der Waals surface area contributed by atoms with Gasteiger partial charge in [-0.15, -0.1) is 0 Å². The average Bonchev–Trinajstić information content (AvgIpc) is 2.58. The van der Waals surface area contributed by atoms with Crippen molar-refractivity contribution in [1.29, 1.82) is 0 Å². The van der Waals surface area contributed by atoms with Crippen molar-refractivity contribution in [2.45, 2.75) is 19.4 Å². The molecule has 0 atom stereocenters. The summed E-state index contributed by atoms with van der Waals surface area (Å²) in [5.74, 6) is 0.878. The summed E-state index contributed by atoms with van der Waals surface area (Å²) in [6.07, 6.45) is 1.90. The molecule has 2 rings (SSSR count). The highest BCUT2D eigenvalue weighted by molar-refractivity contribution is 5.79. The molecule has 2 aromatic rings. The minimum atomic E-state index is -0.224. The van der Waals surface area contributed by atoms with E-state index in [0.29, 0.717) is 12.3 Å². The molecule has 0 aliphatic heterocycles. The van der Waals surface area contributed by atoms with Crippen molar-refractivity contribution in [3.8, 4) is 5.75 Å². The Kier molecular flexibility index (Phi) is 6.61. The largest absolute Gasteiger partial charge is 0.508 e. The fraction of sp³-hybridized carbons (Fsp3) is 0.316. The molecule has 5 heteroatoms. The van der Waals surface area contributed by atoms with Crippen molar-refractivity contribution in [2.75, 3.05) is 20.6 Å². The SMILES string of the molecule is CN=C(NCCCc1ccc(O)cc1)N(C)Cc1ccc(F)cc1. The van der Waals surface area contributed by atoms with E-state index in [9.17, 15) is 9.50 Å². The van der Waals surface area contributed by atoms with E-state index in [1.807, 2.05) is 24.1 Å². The summed E-state index contributed by atoms with van der Waals surface area (Å²) in [5, 5.41) is 12.6. The summed E-state index contributed by atoms with van der Waals surface area (Å²) in [6.45, 7) is 1.47. The summed E-state index contributed by atoms with van der Waals surface area (Å²) in [7, 11) is 3.71. The summed E-state index contributed by atoms with van der Waals surface area (Å²) >= 11 is 0. The molecular weight excluding hydrogens is 305 g/mol. The van der Waals surface area contributed by atoms with Crippen LogP contribution in [0, 0.1) is 5.82 Å². The first-order valence-electron chi connectivity index (χ1n) is 8.02. The van der Waals surface area contributed by atoms with Gasteiger partial charge in [0.25, 0.3) is 0 Å². The standard InChI is InChI=1S/C19H24FN3O/c1-21-19(23(2)14-16-5-9-17(20)10-6-16)22-13-3-4-15-7-11-18(24)12-8-15/h5-12,24H,3-4,13-14H2,1-2H3,(H,21,22).